The number of hydrogen-bond donors (Lipinski definition) is 1. The third-order valence-electron chi connectivity index (χ3n) is 3.13. The first-order chi connectivity index (χ1) is 9.20. The van der Waals surface area contributed by atoms with E-state index < -0.39 is 0 Å². The summed E-state index contributed by atoms with van der Waals surface area (Å²) in [5.74, 6) is -0.0487. The zero-order valence-electron chi connectivity index (χ0n) is 11.2. The van der Waals surface area contributed by atoms with Gasteiger partial charge in [-0.3, -0.25) is 0 Å². The van der Waals surface area contributed by atoms with Crippen LogP contribution in [0.1, 0.15) is 24.1 Å². The molecule has 1 atom stereocenters. The first-order valence-electron chi connectivity index (χ1n) is 6.31. The third kappa shape index (κ3) is 3.55. The fraction of sp³-hybridized carbons (Fsp3) is 0.250. The average Bonchev–Trinajstić information content (AvgIpc) is 2.45. The molecule has 3 heteroatoms. The largest absolute Gasteiger partial charge is 0.494 e. The van der Waals surface area contributed by atoms with Gasteiger partial charge in [0, 0.05) is 12.6 Å². The van der Waals surface area contributed by atoms with Gasteiger partial charge in [0.1, 0.15) is 0 Å². The summed E-state index contributed by atoms with van der Waals surface area (Å²) < 4.78 is 18.5. The molecular formula is C16H18FNO. The number of nitrogens with one attached hydrogen (secondary N) is 1. The predicted molar refractivity (Wildman–Crippen MR) is 74.6 cm³/mol. The maximum Gasteiger partial charge on any atom is 0.165 e. The summed E-state index contributed by atoms with van der Waals surface area (Å²) in [5.41, 5.74) is 2.12. The van der Waals surface area contributed by atoms with E-state index in [1.54, 1.807) is 6.07 Å². The summed E-state index contributed by atoms with van der Waals surface area (Å²) in [7, 11) is 1.47. The average molecular weight is 259 g/mol. The molecule has 0 heterocycles. The van der Waals surface area contributed by atoms with Crippen molar-refractivity contribution in [3.63, 3.8) is 0 Å². The second-order valence-corrected chi connectivity index (χ2v) is 4.48. The van der Waals surface area contributed by atoms with Crippen LogP contribution in [0.25, 0.3) is 0 Å². The Morgan fingerprint density at radius 2 is 1.89 bits per heavy atom. The molecule has 2 aromatic carbocycles. The molecule has 100 valence electrons. The smallest absolute Gasteiger partial charge is 0.165 e. The van der Waals surface area contributed by atoms with Gasteiger partial charge in [-0.1, -0.05) is 36.4 Å². The topological polar surface area (TPSA) is 21.3 Å². The van der Waals surface area contributed by atoms with Crippen LogP contribution in [-0.4, -0.2) is 7.11 Å². The van der Waals surface area contributed by atoms with Gasteiger partial charge >= 0.3 is 0 Å². The van der Waals surface area contributed by atoms with Crippen LogP contribution in [0.5, 0.6) is 5.75 Å². The molecule has 0 spiro atoms. The molecule has 1 N–H and O–H groups in total. The minimum atomic E-state index is -0.326. The molecule has 0 aliphatic heterocycles. The van der Waals surface area contributed by atoms with E-state index >= 15 is 0 Å². The maximum atomic E-state index is 13.6. The molecule has 0 aliphatic carbocycles. The summed E-state index contributed by atoms with van der Waals surface area (Å²) in [6.45, 7) is 2.78. The van der Waals surface area contributed by atoms with Gasteiger partial charge in [0.2, 0.25) is 0 Å². The van der Waals surface area contributed by atoms with Crippen LogP contribution >= 0.6 is 0 Å². The molecule has 0 unspecified atom stereocenters. The first kappa shape index (κ1) is 13.6. The van der Waals surface area contributed by atoms with Crippen LogP contribution in [0, 0.1) is 5.82 Å². The second kappa shape index (κ2) is 6.34. The van der Waals surface area contributed by atoms with Gasteiger partial charge in [-0.2, -0.15) is 0 Å². The van der Waals surface area contributed by atoms with Gasteiger partial charge in [0.25, 0.3) is 0 Å². The van der Waals surface area contributed by atoms with E-state index in [1.165, 1.54) is 18.7 Å². The summed E-state index contributed by atoms with van der Waals surface area (Å²) >= 11 is 0. The SMILES string of the molecule is COc1ccc([C@H](C)NCc2ccccc2)cc1F. The molecule has 0 fully saturated rings. The Morgan fingerprint density at radius 3 is 2.53 bits per heavy atom. The van der Waals surface area contributed by atoms with E-state index in [4.69, 9.17) is 4.74 Å². The molecule has 0 aliphatic rings. The van der Waals surface area contributed by atoms with E-state index in [2.05, 4.69) is 17.4 Å². The highest BCUT2D eigenvalue weighted by atomic mass is 19.1. The van der Waals surface area contributed by atoms with Crippen molar-refractivity contribution in [1.29, 1.82) is 0 Å². The first-order valence-corrected chi connectivity index (χ1v) is 6.31. The number of hydrogen-bond acceptors (Lipinski definition) is 2. The summed E-state index contributed by atoms with van der Waals surface area (Å²) in [4.78, 5) is 0. The molecular weight excluding hydrogens is 241 g/mol. The summed E-state index contributed by atoms with van der Waals surface area (Å²) in [5, 5.41) is 3.37. The fourth-order valence-corrected chi connectivity index (χ4v) is 1.94. The Balaban J connectivity index is 2.00. The van der Waals surface area contributed by atoms with Crippen LogP contribution in [0.3, 0.4) is 0 Å². The van der Waals surface area contributed by atoms with Crippen molar-refractivity contribution in [2.24, 2.45) is 0 Å². The molecule has 19 heavy (non-hydrogen) atoms. The van der Waals surface area contributed by atoms with Gasteiger partial charge in [-0.25, -0.2) is 4.39 Å². The van der Waals surface area contributed by atoms with E-state index in [9.17, 15) is 4.39 Å². The van der Waals surface area contributed by atoms with E-state index in [-0.39, 0.29) is 17.6 Å². The Bertz CT molecular complexity index is 528. The van der Waals surface area contributed by atoms with Gasteiger partial charge < -0.3 is 10.1 Å². The molecule has 0 amide bonds. The van der Waals surface area contributed by atoms with Crippen molar-refractivity contribution < 1.29 is 9.13 Å². The van der Waals surface area contributed by atoms with Crippen LogP contribution in [0.2, 0.25) is 0 Å². The van der Waals surface area contributed by atoms with Gasteiger partial charge in [-0.15, -0.1) is 0 Å². The van der Waals surface area contributed by atoms with Crippen LogP contribution in [0.4, 0.5) is 4.39 Å². The zero-order valence-corrected chi connectivity index (χ0v) is 11.2. The highest BCUT2D eigenvalue weighted by molar-refractivity contribution is 5.30. The van der Waals surface area contributed by atoms with Crippen LogP contribution in [-0.2, 0) is 6.54 Å². The van der Waals surface area contributed by atoms with Crippen LogP contribution < -0.4 is 10.1 Å². The summed E-state index contributed by atoms with van der Waals surface area (Å²) in [6, 6.07) is 15.3. The number of methoxy groups -OCH3 is 1. The number of rotatable bonds is 5. The molecule has 0 bridgehead atoms. The Morgan fingerprint density at radius 1 is 1.16 bits per heavy atom. The highest BCUT2D eigenvalue weighted by Crippen LogP contribution is 2.21. The zero-order chi connectivity index (χ0) is 13.7. The molecule has 2 aromatic rings. The van der Waals surface area contributed by atoms with Crippen molar-refractivity contribution in [2.45, 2.75) is 19.5 Å². The van der Waals surface area contributed by atoms with Crippen molar-refractivity contribution in [1.82, 2.24) is 5.32 Å². The van der Waals surface area contributed by atoms with Crippen LogP contribution in [0.15, 0.2) is 48.5 Å². The Hall–Kier alpha value is -1.87. The predicted octanol–water partition coefficient (Wildman–Crippen LogP) is 3.69. The van der Waals surface area contributed by atoms with E-state index in [0.717, 1.165) is 12.1 Å². The lowest BCUT2D eigenvalue weighted by molar-refractivity contribution is 0.385. The quantitative estimate of drug-likeness (QED) is 0.884. The molecule has 0 saturated carbocycles. The Labute approximate surface area is 113 Å². The molecule has 0 radical (unpaired) electrons. The third-order valence-corrected chi connectivity index (χ3v) is 3.13. The molecule has 2 nitrogen and oxygen atoms in total. The van der Waals surface area contributed by atoms with E-state index in [1.807, 2.05) is 31.2 Å². The Kier molecular flexibility index (Phi) is 4.53. The van der Waals surface area contributed by atoms with Gasteiger partial charge in [-0.05, 0) is 30.2 Å². The van der Waals surface area contributed by atoms with Crippen molar-refractivity contribution in [3.05, 3.63) is 65.5 Å². The number of ether oxygens (including phenoxy) is 1. The summed E-state index contributed by atoms with van der Waals surface area (Å²) in [6.07, 6.45) is 0. The van der Waals surface area contributed by atoms with E-state index in [0.29, 0.717) is 0 Å². The highest BCUT2D eigenvalue weighted by Gasteiger charge is 2.09. The lowest BCUT2D eigenvalue weighted by atomic mass is 10.1. The minimum Gasteiger partial charge on any atom is -0.494 e. The number of halogens is 1. The number of benzene rings is 2. The minimum absolute atomic E-state index is 0.0839. The monoisotopic (exact) mass is 259 g/mol. The van der Waals surface area contributed by atoms with Crippen molar-refractivity contribution in [2.75, 3.05) is 7.11 Å². The maximum absolute atomic E-state index is 13.6. The fourth-order valence-electron chi connectivity index (χ4n) is 1.94. The second-order valence-electron chi connectivity index (χ2n) is 4.48. The van der Waals surface area contributed by atoms with Crippen molar-refractivity contribution in [3.8, 4) is 5.75 Å². The van der Waals surface area contributed by atoms with Gasteiger partial charge in [0.05, 0.1) is 7.11 Å². The molecule has 0 saturated heterocycles. The molecule has 2 rings (SSSR count). The van der Waals surface area contributed by atoms with Gasteiger partial charge in [0.15, 0.2) is 11.6 Å². The van der Waals surface area contributed by atoms with Crippen molar-refractivity contribution >= 4 is 0 Å². The molecule has 0 aromatic heterocycles. The standard InChI is InChI=1S/C16H18FNO/c1-12(18-11-13-6-4-3-5-7-13)14-8-9-16(19-2)15(17)10-14/h3-10,12,18H,11H2,1-2H3/t12-/m0/s1. The lowest BCUT2D eigenvalue weighted by Crippen LogP contribution is -2.18. The normalized spacial score (nSPS) is 12.2. The lowest BCUT2D eigenvalue weighted by Gasteiger charge is -2.15.